The Morgan fingerprint density at radius 2 is 1.57 bits per heavy atom. The van der Waals surface area contributed by atoms with Crippen molar-refractivity contribution in [2.75, 3.05) is 0 Å². The molecule has 0 radical (unpaired) electrons. The summed E-state index contributed by atoms with van der Waals surface area (Å²) in [6.07, 6.45) is 0.787. The Hall–Kier alpha value is -2.33. The van der Waals surface area contributed by atoms with Crippen LogP contribution in [-0.4, -0.2) is 11.0 Å². The standard InChI is InChI=1S/C17H20N4/c1-17(2,15-11-7-4-8-12-15)21-19-16(18-20-21)13-14-9-5-3-6-10-14/h3-12,20H,13H2,1-2H3,(H,18,19). The van der Waals surface area contributed by atoms with Gasteiger partial charge in [-0.05, 0) is 25.0 Å². The Balaban J connectivity index is 1.68. The number of rotatable bonds is 4. The Morgan fingerprint density at radius 3 is 2.24 bits per heavy atom. The second-order valence-electron chi connectivity index (χ2n) is 5.69. The minimum atomic E-state index is -0.205. The van der Waals surface area contributed by atoms with Crippen molar-refractivity contribution in [3.8, 4) is 0 Å². The summed E-state index contributed by atoms with van der Waals surface area (Å²) in [5.74, 6) is 0.921. The van der Waals surface area contributed by atoms with E-state index >= 15 is 0 Å². The van der Waals surface area contributed by atoms with Gasteiger partial charge in [0.05, 0.1) is 5.54 Å². The highest BCUT2D eigenvalue weighted by Crippen LogP contribution is 2.25. The molecular formula is C17H20N4. The molecule has 0 saturated heterocycles. The van der Waals surface area contributed by atoms with Crippen LogP contribution < -0.4 is 11.0 Å². The van der Waals surface area contributed by atoms with Crippen LogP contribution in [-0.2, 0) is 12.0 Å². The van der Waals surface area contributed by atoms with E-state index in [0.717, 1.165) is 12.3 Å². The largest absolute Gasteiger partial charge is 0.285 e. The maximum absolute atomic E-state index is 4.39. The molecule has 4 heteroatoms. The number of nitrogens with one attached hydrogen (secondary N) is 2. The molecule has 2 N–H and O–H groups in total. The molecule has 3 rings (SSSR count). The zero-order chi connectivity index (χ0) is 14.7. The molecule has 1 aliphatic rings. The highest BCUT2D eigenvalue weighted by Gasteiger charge is 2.32. The lowest BCUT2D eigenvalue weighted by Gasteiger charge is -2.34. The first-order chi connectivity index (χ1) is 10.2. The fraction of sp³-hybridized carbons (Fsp3) is 0.235. The second kappa shape index (κ2) is 5.58. The predicted molar refractivity (Wildman–Crippen MR) is 85.2 cm³/mol. The molecule has 0 atom stereocenters. The van der Waals surface area contributed by atoms with E-state index in [1.807, 2.05) is 29.4 Å². The smallest absolute Gasteiger partial charge is 0.144 e. The summed E-state index contributed by atoms with van der Waals surface area (Å²) in [7, 11) is 0. The maximum atomic E-state index is 4.39. The van der Waals surface area contributed by atoms with Crippen LogP contribution in [0, 0.1) is 0 Å². The highest BCUT2D eigenvalue weighted by atomic mass is 15.9. The molecule has 0 aromatic heterocycles. The highest BCUT2D eigenvalue weighted by molar-refractivity contribution is 5.84. The van der Waals surface area contributed by atoms with Crippen molar-refractivity contribution in [2.45, 2.75) is 25.8 Å². The van der Waals surface area contributed by atoms with Gasteiger partial charge in [-0.25, -0.2) is 5.53 Å². The molecule has 1 heterocycles. The Labute approximate surface area is 125 Å². The number of amidine groups is 1. The summed E-state index contributed by atoms with van der Waals surface area (Å²) < 4.78 is 0. The van der Waals surface area contributed by atoms with Crippen LogP contribution in [0.4, 0.5) is 0 Å². The topological polar surface area (TPSA) is 39.7 Å². The van der Waals surface area contributed by atoms with Crippen molar-refractivity contribution in [1.82, 2.24) is 16.1 Å². The van der Waals surface area contributed by atoms with Gasteiger partial charge in [-0.15, -0.1) is 10.2 Å². The molecule has 4 nitrogen and oxygen atoms in total. The predicted octanol–water partition coefficient (Wildman–Crippen LogP) is 2.80. The Kier molecular flexibility index (Phi) is 3.62. The maximum Gasteiger partial charge on any atom is 0.144 e. The third-order valence-electron chi connectivity index (χ3n) is 3.78. The molecule has 21 heavy (non-hydrogen) atoms. The normalized spacial score (nSPS) is 15.2. The molecule has 0 fully saturated rings. The lowest BCUT2D eigenvalue weighted by atomic mass is 9.95. The summed E-state index contributed by atoms with van der Waals surface area (Å²) >= 11 is 0. The van der Waals surface area contributed by atoms with E-state index in [4.69, 9.17) is 0 Å². The van der Waals surface area contributed by atoms with E-state index in [0.29, 0.717) is 0 Å². The molecule has 0 bridgehead atoms. The van der Waals surface area contributed by atoms with Gasteiger partial charge in [-0.2, -0.15) is 0 Å². The van der Waals surface area contributed by atoms with Crippen LogP contribution in [0.15, 0.2) is 65.8 Å². The summed E-state index contributed by atoms with van der Waals surface area (Å²) in [6.45, 7) is 4.31. The van der Waals surface area contributed by atoms with Gasteiger partial charge in [0.15, 0.2) is 0 Å². The molecule has 108 valence electrons. The van der Waals surface area contributed by atoms with Crippen LogP contribution in [0.3, 0.4) is 0 Å². The van der Waals surface area contributed by atoms with E-state index in [9.17, 15) is 0 Å². The molecule has 0 aliphatic carbocycles. The average molecular weight is 280 g/mol. The van der Waals surface area contributed by atoms with Crippen molar-refractivity contribution < 1.29 is 0 Å². The lowest BCUT2D eigenvalue weighted by molar-refractivity contribution is 0.0439. The van der Waals surface area contributed by atoms with E-state index < -0.39 is 0 Å². The SMILES string of the molecule is CC(C)(c1ccccc1)N1NN=C(Cc2ccccc2)N1. The summed E-state index contributed by atoms with van der Waals surface area (Å²) in [5.41, 5.74) is 8.69. The number of nitrogens with zero attached hydrogens (tertiary/aromatic N) is 2. The molecule has 0 amide bonds. The second-order valence-corrected chi connectivity index (χ2v) is 5.69. The monoisotopic (exact) mass is 280 g/mol. The van der Waals surface area contributed by atoms with Gasteiger partial charge in [0.2, 0.25) is 0 Å². The lowest BCUT2D eigenvalue weighted by Crippen LogP contribution is -2.53. The van der Waals surface area contributed by atoms with Crippen molar-refractivity contribution >= 4 is 5.84 Å². The fourth-order valence-corrected chi connectivity index (χ4v) is 2.40. The fourth-order valence-electron chi connectivity index (χ4n) is 2.40. The molecule has 0 spiro atoms. The van der Waals surface area contributed by atoms with Crippen molar-refractivity contribution in [2.24, 2.45) is 5.10 Å². The number of hydrogen-bond donors (Lipinski definition) is 2. The van der Waals surface area contributed by atoms with Gasteiger partial charge >= 0.3 is 0 Å². The molecule has 2 aromatic rings. The van der Waals surface area contributed by atoms with Gasteiger partial charge in [0.25, 0.3) is 0 Å². The summed E-state index contributed by atoms with van der Waals surface area (Å²) in [6, 6.07) is 20.7. The first-order valence-corrected chi connectivity index (χ1v) is 7.15. The average Bonchev–Trinajstić information content (AvgIpc) is 2.98. The molecular weight excluding hydrogens is 260 g/mol. The van der Waals surface area contributed by atoms with Gasteiger partial charge < -0.3 is 0 Å². The Morgan fingerprint density at radius 1 is 0.952 bits per heavy atom. The number of hydrazine groups is 2. The van der Waals surface area contributed by atoms with Crippen LogP contribution in [0.25, 0.3) is 0 Å². The third kappa shape index (κ3) is 2.90. The number of hydrogen-bond acceptors (Lipinski definition) is 4. The van der Waals surface area contributed by atoms with Gasteiger partial charge in [0, 0.05) is 6.42 Å². The van der Waals surface area contributed by atoms with Gasteiger partial charge in [-0.1, -0.05) is 60.7 Å². The minimum absolute atomic E-state index is 0.205. The zero-order valence-electron chi connectivity index (χ0n) is 12.4. The molecule has 0 saturated carbocycles. The summed E-state index contributed by atoms with van der Waals surface area (Å²) in [5, 5.41) is 6.33. The van der Waals surface area contributed by atoms with E-state index in [-0.39, 0.29) is 5.54 Å². The third-order valence-corrected chi connectivity index (χ3v) is 3.78. The minimum Gasteiger partial charge on any atom is -0.285 e. The first kappa shape index (κ1) is 13.6. The van der Waals surface area contributed by atoms with Crippen LogP contribution >= 0.6 is 0 Å². The van der Waals surface area contributed by atoms with E-state index in [1.165, 1.54) is 11.1 Å². The van der Waals surface area contributed by atoms with Gasteiger partial charge in [0.1, 0.15) is 5.84 Å². The van der Waals surface area contributed by atoms with Crippen molar-refractivity contribution in [3.05, 3.63) is 71.8 Å². The van der Waals surface area contributed by atoms with Crippen LogP contribution in [0.5, 0.6) is 0 Å². The summed E-state index contributed by atoms with van der Waals surface area (Å²) in [4.78, 5) is 0. The molecule has 2 aromatic carbocycles. The van der Waals surface area contributed by atoms with Gasteiger partial charge in [-0.3, -0.25) is 5.43 Å². The number of benzene rings is 2. The van der Waals surface area contributed by atoms with Crippen LogP contribution in [0.2, 0.25) is 0 Å². The van der Waals surface area contributed by atoms with E-state index in [1.54, 1.807) is 0 Å². The first-order valence-electron chi connectivity index (χ1n) is 7.15. The van der Waals surface area contributed by atoms with Crippen molar-refractivity contribution in [3.63, 3.8) is 0 Å². The quantitative estimate of drug-likeness (QED) is 0.904. The van der Waals surface area contributed by atoms with E-state index in [2.05, 4.69) is 66.3 Å². The Bertz CT molecular complexity index is 620. The zero-order valence-corrected chi connectivity index (χ0v) is 12.4. The number of hydrazone groups is 1. The molecule has 1 aliphatic heterocycles. The van der Waals surface area contributed by atoms with Crippen LogP contribution in [0.1, 0.15) is 25.0 Å². The van der Waals surface area contributed by atoms with Crippen molar-refractivity contribution in [1.29, 1.82) is 0 Å². The molecule has 0 unspecified atom stereocenters.